The number of hydrogen-bond acceptors (Lipinski definition) is 3. The van der Waals surface area contributed by atoms with Crippen LogP contribution >= 0.6 is 0 Å². The van der Waals surface area contributed by atoms with Gasteiger partial charge in [0.25, 0.3) is 0 Å². The first-order chi connectivity index (χ1) is 12.1. The monoisotopic (exact) mass is 380 g/mol. The van der Waals surface area contributed by atoms with E-state index in [0.717, 1.165) is 0 Å². The van der Waals surface area contributed by atoms with Crippen molar-refractivity contribution in [3.05, 3.63) is 23.8 Å². The van der Waals surface area contributed by atoms with Gasteiger partial charge in [-0.1, -0.05) is 73.6 Å². The molecule has 0 saturated carbocycles. The average molecular weight is 381 g/mol. The molecule has 0 unspecified atom stereocenters. The summed E-state index contributed by atoms with van der Waals surface area (Å²) in [7, 11) is 1.80. The molecule has 0 rings (SSSR count). The molecule has 0 fully saturated rings. The number of carboxylic acid groups (broad SMARTS) is 1. The van der Waals surface area contributed by atoms with Crippen molar-refractivity contribution >= 4 is 11.9 Å². The van der Waals surface area contributed by atoms with Crippen LogP contribution in [-0.4, -0.2) is 36.1 Å². The largest absolute Gasteiger partial charge is 0.478 e. The summed E-state index contributed by atoms with van der Waals surface area (Å²) in [6, 6.07) is -0.464. The van der Waals surface area contributed by atoms with Gasteiger partial charge in [-0.25, -0.2) is 4.79 Å². The normalized spacial score (nSPS) is 17.1. The zero-order chi connectivity index (χ0) is 21.6. The lowest BCUT2D eigenvalue weighted by Gasteiger charge is -2.34. The van der Waals surface area contributed by atoms with E-state index in [9.17, 15) is 9.59 Å². The first-order valence-electron chi connectivity index (χ1n) is 9.69. The molecule has 3 atom stereocenters. The molecule has 0 radical (unpaired) electrons. The minimum absolute atomic E-state index is 0.00874. The van der Waals surface area contributed by atoms with Crippen LogP contribution in [0.15, 0.2) is 23.8 Å². The number of carboxylic acids is 1. The fourth-order valence-electron chi connectivity index (χ4n) is 2.82. The maximum atomic E-state index is 12.8. The second kappa shape index (κ2) is 10.1. The molecular formula is C22H40N2O3. The number of allylic oxidation sites excluding steroid dienone is 2. The third-order valence-corrected chi connectivity index (χ3v) is 4.72. The van der Waals surface area contributed by atoms with E-state index in [1.165, 1.54) is 0 Å². The van der Waals surface area contributed by atoms with E-state index in [-0.39, 0.29) is 40.7 Å². The molecule has 1 amide bonds. The highest BCUT2D eigenvalue weighted by Crippen LogP contribution is 2.25. The Morgan fingerprint density at radius 2 is 1.48 bits per heavy atom. The molecule has 0 heterocycles. The summed E-state index contributed by atoms with van der Waals surface area (Å²) in [4.78, 5) is 24.0. The van der Waals surface area contributed by atoms with Gasteiger partial charge in [0.05, 0.1) is 12.1 Å². The lowest BCUT2D eigenvalue weighted by Crippen LogP contribution is -2.54. The van der Waals surface area contributed by atoms with Crippen LogP contribution in [0.25, 0.3) is 0 Å². The number of rotatable bonds is 8. The molecule has 0 bridgehead atoms. The zero-order valence-electron chi connectivity index (χ0n) is 18.8. The van der Waals surface area contributed by atoms with Crippen LogP contribution in [0.2, 0.25) is 0 Å². The molecule has 156 valence electrons. The van der Waals surface area contributed by atoms with Crippen LogP contribution in [-0.2, 0) is 9.59 Å². The van der Waals surface area contributed by atoms with E-state index in [0.29, 0.717) is 5.57 Å². The molecule has 5 nitrogen and oxygen atoms in total. The lowest BCUT2D eigenvalue weighted by molar-refractivity contribution is -0.132. The molecule has 0 aromatic rings. The summed E-state index contributed by atoms with van der Waals surface area (Å²) >= 11 is 0. The van der Waals surface area contributed by atoms with Gasteiger partial charge in [-0.05, 0) is 36.6 Å². The highest BCUT2D eigenvalue weighted by atomic mass is 16.4. The molecule has 5 heteroatoms. The van der Waals surface area contributed by atoms with Crippen LogP contribution in [0.3, 0.4) is 0 Å². The summed E-state index contributed by atoms with van der Waals surface area (Å²) in [6.07, 6.45) is 5.79. The maximum absolute atomic E-state index is 12.8. The van der Waals surface area contributed by atoms with E-state index < -0.39 is 5.97 Å². The van der Waals surface area contributed by atoms with Gasteiger partial charge in [0.2, 0.25) is 5.91 Å². The van der Waals surface area contributed by atoms with Crippen LogP contribution < -0.4 is 10.6 Å². The number of aliphatic carboxylic acids is 1. The highest BCUT2D eigenvalue weighted by molar-refractivity contribution is 5.85. The Balaban J connectivity index is 5.60. The molecule has 3 N–H and O–H groups in total. The summed E-state index contributed by atoms with van der Waals surface area (Å²) in [6.45, 7) is 18.1. The molecule has 0 aliphatic rings. The van der Waals surface area contributed by atoms with E-state index in [4.69, 9.17) is 5.11 Å². The van der Waals surface area contributed by atoms with E-state index >= 15 is 0 Å². The summed E-state index contributed by atoms with van der Waals surface area (Å²) < 4.78 is 0. The topological polar surface area (TPSA) is 78.4 Å². The van der Waals surface area contributed by atoms with Crippen molar-refractivity contribution in [2.45, 2.75) is 74.4 Å². The Kier molecular flexibility index (Phi) is 9.47. The van der Waals surface area contributed by atoms with Crippen molar-refractivity contribution in [3.8, 4) is 0 Å². The van der Waals surface area contributed by atoms with Gasteiger partial charge in [0.1, 0.15) is 0 Å². The number of carbonyl (C=O) groups is 2. The predicted molar refractivity (Wildman–Crippen MR) is 113 cm³/mol. The van der Waals surface area contributed by atoms with Gasteiger partial charge >= 0.3 is 5.97 Å². The number of carbonyl (C=O) groups excluding carboxylic acids is 1. The number of hydrogen-bond donors (Lipinski definition) is 3. The van der Waals surface area contributed by atoms with Crippen molar-refractivity contribution in [1.82, 2.24) is 10.6 Å². The van der Waals surface area contributed by atoms with E-state index in [1.54, 1.807) is 20.0 Å². The van der Waals surface area contributed by atoms with Crippen molar-refractivity contribution in [2.75, 3.05) is 7.05 Å². The predicted octanol–water partition coefficient (Wildman–Crippen LogP) is 4.01. The number of amides is 1. The van der Waals surface area contributed by atoms with Gasteiger partial charge in [0, 0.05) is 5.57 Å². The fourth-order valence-corrected chi connectivity index (χ4v) is 2.82. The summed E-state index contributed by atoms with van der Waals surface area (Å²) in [5, 5.41) is 15.4. The van der Waals surface area contributed by atoms with Gasteiger partial charge in [-0.3, -0.25) is 4.79 Å². The van der Waals surface area contributed by atoms with Crippen molar-refractivity contribution in [3.63, 3.8) is 0 Å². The van der Waals surface area contributed by atoms with E-state index in [2.05, 4.69) is 45.3 Å². The summed E-state index contributed by atoms with van der Waals surface area (Å²) in [5.41, 5.74) is -0.0416. The average Bonchev–Trinajstić information content (AvgIpc) is 2.47. The Labute approximate surface area is 165 Å². The fraction of sp³-hybridized carbons (Fsp3) is 0.727. The number of nitrogens with one attached hydrogen (secondary N) is 2. The standard InChI is InChI=1S/C22H40N2O3/c1-14(2)16(13-15(3)20(26)27)11-12-17(21(4,5)6)24-19(25)18(23-10)22(7,8)9/h11-14,16-18,23H,1-10H3,(H,24,25)(H,26,27)/b12-11+,15-13+/t16-,17-,18-/m1/s1. The molecule has 0 aromatic heterocycles. The van der Waals surface area contributed by atoms with Crippen LogP contribution in [0.4, 0.5) is 0 Å². The molecule has 0 aliphatic carbocycles. The molecule has 0 aliphatic heterocycles. The SMILES string of the molecule is CN[C@H](C(=O)N[C@H](/C=C/[C@H](/C=C(\C)C(=O)O)C(C)C)C(C)(C)C)C(C)(C)C. The van der Waals surface area contributed by atoms with Gasteiger partial charge in [-0.15, -0.1) is 0 Å². The molecule has 0 aromatic carbocycles. The molecule has 0 spiro atoms. The van der Waals surface area contributed by atoms with Crippen molar-refractivity contribution in [1.29, 1.82) is 0 Å². The smallest absolute Gasteiger partial charge is 0.330 e. The highest BCUT2D eigenvalue weighted by Gasteiger charge is 2.33. The first-order valence-corrected chi connectivity index (χ1v) is 9.69. The van der Waals surface area contributed by atoms with Gasteiger partial charge < -0.3 is 15.7 Å². The Morgan fingerprint density at radius 1 is 0.963 bits per heavy atom. The zero-order valence-corrected chi connectivity index (χ0v) is 18.8. The Bertz CT molecular complexity index is 563. The minimum atomic E-state index is -0.906. The van der Waals surface area contributed by atoms with Crippen molar-refractivity contribution < 1.29 is 14.7 Å². The minimum Gasteiger partial charge on any atom is -0.478 e. The second-order valence-corrected chi connectivity index (χ2v) is 9.80. The van der Waals surface area contributed by atoms with Crippen LogP contribution in [0, 0.1) is 22.7 Å². The lowest BCUT2D eigenvalue weighted by atomic mass is 9.82. The third kappa shape index (κ3) is 8.74. The van der Waals surface area contributed by atoms with Gasteiger partial charge in [0.15, 0.2) is 0 Å². The first kappa shape index (κ1) is 25.4. The van der Waals surface area contributed by atoms with Gasteiger partial charge in [-0.2, -0.15) is 0 Å². The van der Waals surface area contributed by atoms with Crippen LogP contribution in [0.5, 0.6) is 0 Å². The maximum Gasteiger partial charge on any atom is 0.330 e. The quantitative estimate of drug-likeness (QED) is 0.439. The summed E-state index contributed by atoms with van der Waals surface area (Å²) in [5.74, 6) is -0.693. The third-order valence-electron chi connectivity index (χ3n) is 4.72. The van der Waals surface area contributed by atoms with Crippen molar-refractivity contribution in [2.24, 2.45) is 22.7 Å². The second-order valence-electron chi connectivity index (χ2n) is 9.80. The Hall–Kier alpha value is -1.62. The number of likely N-dealkylation sites (N-methyl/N-ethyl adjacent to an activating group) is 1. The Morgan fingerprint density at radius 3 is 1.81 bits per heavy atom. The van der Waals surface area contributed by atoms with Crippen LogP contribution in [0.1, 0.15) is 62.3 Å². The van der Waals surface area contributed by atoms with E-state index in [1.807, 2.05) is 32.9 Å². The molecular weight excluding hydrogens is 340 g/mol. The molecule has 27 heavy (non-hydrogen) atoms. The molecule has 0 saturated heterocycles.